The molecule has 1 amide bonds. The van der Waals surface area contributed by atoms with Gasteiger partial charge in [-0.05, 0) is 18.1 Å². The minimum Gasteiger partial charge on any atom is -0.370 e. The zero-order valence-corrected chi connectivity index (χ0v) is 10.9. The molecule has 0 atom stereocenters. The SMILES string of the molecule is CC(C)CNC(=O)CCNc1ccc(Cl)cn1. The summed E-state index contributed by atoms with van der Waals surface area (Å²) in [4.78, 5) is 15.5. The van der Waals surface area contributed by atoms with E-state index in [1.807, 2.05) is 0 Å². The van der Waals surface area contributed by atoms with Crippen LogP contribution >= 0.6 is 11.6 Å². The molecule has 0 bridgehead atoms. The molecule has 0 aliphatic carbocycles. The Bertz CT molecular complexity index is 351. The third-order valence-electron chi connectivity index (χ3n) is 2.09. The van der Waals surface area contributed by atoms with Crippen molar-refractivity contribution in [3.05, 3.63) is 23.4 Å². The Morgan fingerprint density at radius 1 is 1.47 bits per heavy atom. The molecule has 0 aliphatic rings. The average Bonchev–Trinajstić information content (AvgIpc) is 2.29. The zero-order chi connectivity index (χ0) is 12.7. The van der Waals surface area contributed by atoms with Gasteiger partial charge in [0.1, 0.15) is 5.82 Å². The van der Waals surface area contributed by atoms with E-state index in [2.05, 4.69) is 29.5 Å². The Balaban J connectivity index is 2.19. The number of nitrogens with zero attached hydrogens (tertiary/aromatic N) is 1. The van der Waals surface area contributed by atoms with E-state index in [0.29, 0.717) is 23.9 Å². The summed E-state index contributed by atoms with van der Waals surface area (Å²) in [5.74, 6) is 1.26. The third-order valence-corrected chi connectivity index (χ3v) is 2.32. The Morgan fingerprint density at radius 3 is 2.82 bits per heavy atom. The van der Waals surface area contributed by atoms with Crippen LogP contribution in [-0.2, 0) is 4.79 Å². The van der Waals surface area contributed by atoms with Gasteiger partial charge in [0, 0.05) is 25.7 Å². The van der Waals surface area contributed by atoms with Gasteiger partial charge < -0.3 is 10.6 Å². The second kappa shape index (κ2) is 7.12. The van der Waals surface area contributed by atoms with Crippen LogP contribution in [0.4, 0.5) is 5.82 Å². The summed E-state index contributed by atoms with van der Waals surface area (Å²) < 4.78 is 0. The quantitative estimate of drug-likeness (QED) is 0.820. The predicted molar refractivity (Wildman–Crippen MR) is 70.2 cm³/mol. The molecule has 1 rings (SSSR count). The van der Waals surface area contributed by atoms with Crippen molar-refractivity contribution in [2.75, 3.05) is 18.4 Å². The zero-order valence-electron chi connectivity index (χ0n) is 10.2. The van der Waals surface area contributed by atoms with Gasteiger partial charge in [-0.15, -0.1) is 0 Å². The van der Waals surface area contributed by atoms with Gasteiger partial charge in [0.05, 0.1) is 5.02 Å². The monoisotopic (exact) mass is 255 g/mol. The minimum atomic E-state index is 0.0557. The predicted octanol–water partition coefficient (Wildman–Crippen LogP) is 2.31. The first kappa shape index (κ1) is 13.8. The Hall–Kier alpha value is -1.29. The van der Waals surface area contributed by atoms with E-state index in [9.17, 15) is 4.79 Å². The van der Waals surface area contributed by atoms with Crippen molar-refractivity contribution in [1.29, 1.82) is 0 Å². The number of halogens is 1. The van der Waals surface area contributed by atoms with E-state index in [1.54, 1.807) is 18.3 Å². The molecule has 1 aromatic rings. The van der Waals surface area contributed by atoms with Crippen molar-refractivity contribution in [2.24, 2.45) is 5.92 Å². The highest BCUT2D eigenvalue weighted by atomic mass is 35.5. The number of aromatic nitrogens is 1. The summed E-state index contributed by atoms with van der Waals surface area (Å²) in [6.45, 7) is 5.42. The third kappa shape index (κ3) is 6.12. The standard InChI is InChI=1S/C12H18ClN3O/c1-9(2)7-16-12(17)5-6-14-11-4-3-10(13)8-15-11/h3-4,8-9H,5-7H2,1-2H3,(H,14,15)(H,16,17). The maximum atomic E-state index is 11.4. The van der Waals surface area contributed by atoms with Crippen LogP contribution < -0.4 is 10.6 Å². The molecule has 0 aromatic carbocycles. The highest BCUT2D eigenvalue weighted by Gasteiger charge is 2.02. The maximum Gasteiger partial charge on any atom is 0.221 e. The van der Waals surface area contributed by atoms with Gasteiger partial charge >= 0.3 is 0 Å². The molecule has 17 heavy (non-hydrogen) atoms. The molecule has 1 aromatic heterocycles. The van der Waals surface area contributed by atoms with Crippen LogP contribution in [0.5, 0.6) is 0 Å². The molecule has 0 radical (unpaired) electrons. The van der Waals surface area contributed by atoms with Crippen LogP contribution in [0.1, 0.15) is 20.3 Å². The number of hydrogen-bond donors (Lipinski definition) is 2. The molecule has 0 fully saturated rings. The fourth-order valence-electron chi connectivity index (χ4n) is 1.19. The molecule has 1 heterocycles. The second-order valence-corrected chi connectivity index (χ2v) is 4.67. The summed E-state index contributed by atoms with van der Waals surface area (Å²) in [6, 6.07) is 3.55. The molecule has 94 valence electrons. The number of anilines is 1. The minimum absolute atomic E-state index is 0.0557. The summed E-state index contributed by atoms with van der Waals surface area (Å²) >= 11 is 5.71. The molecule has 5 heteroatoms. The fourth-order valence-corrected chi connectivity index (χ4v) is 1.30. The Labute approximate surface area is 107 Å². The lowest BCUT2D eigenvalue weighted by Crippen LogP contribution is -2.28. The summed E-state index contributed by atoms with van der Waals surface area (Å²) in [5, 5.41) is 6.52. The van der Waals surface area contributed by atoms with Gasteiger partial charge in [0.25, 0.3) is 0 Å². The van der Waals surface area contributed by atoms with Crippen LogP contribution in [0.25, 0.3) is 0 Å². The Kier molecular flexibility index (Phi) is 5.77. The van der Waals surface area contributed by atoms with Crippen LogP contribution in [0.2, 0.25) is 5.02 Å². The van der Waals surface area contributed by atoms with Crippen LogP contribution in [0.15, 0.2) is 18.3 Å². The Morgan fingerprint density at radius 2 is 2.24 bits per heavy atom. The topological polar surface area (TPSA) is 54.0 Å². The molecule has 0 spiro atoms. The molecule has 0 saturated heterocycles. The molecular formula is C12H18ClN3O. The lowest BCUT2D eigenvalue weighted by molar-refractivity contribution is -0.120. The summed E-state index contributed by atoms with van der Waals surface area (Å²) in [6.07, 6.45) is 2.01. The van der Waals surface area contributed by atoms with Crippen LogP contribution in [-0.4, -0.2) is 24.0 Å². The summed E-state index contributed by atoms with van der Waals surface area (Å²) in [7, 11) is 0. The molecule has 0 aliphatic heterocycles. The van der Waals surface area contributed by atoms with E-state index in [-0.39, 0.29) is 5.91 Å². The molecule has 4 nitrogen and oxygen atoms in total. The first-order valence-corrected chi connectivity index (χ1v) is 6.08. The lowest BCUT2D eigenvalue weighted by atomic mass is 10.2. The van der Waals surface area contributed by atoms with Crippen molar-refractivity contribution >= 4 is 23.3 Å². The number of hydrogen-bond acceptors (Lipinski definition) is 3. The van der Waals surface area contributed by atoms with E-state index >= 15 is 0 Å². The van der Waals surface area contributed by atoms with Gasteiger partial charge in [-0.1, -0.05) is 25.4 Å². The molecule has 2 N–H and O–H groups in total. The van der Waals surface area contributed by atoms with E-state index < -0.39 is 0 Å². The number of carbonyl (C=O) groups is 1. The maximum absolute atomic E-state index is 11.4. The number of rotatable bonds is 6. The van der Waals surface area contributed by atoms with E-state index in [4.69, 9.17) is 11.6 Å². The van der Waals surface area contributed by atoms with E-state index in [0.717, 1.165) is 12.4 Å². The number of amides is 1. The highest BCUT2D eigenvalue weighted by molar-refractivity contribution is 6.30. The van der Waals surface area contributed by atoms with Crippen molar-refractivity contribution in [3.8, 4) is 0 Å². The van der Waals surface area contributed by atoms with Crippen molar-refractivity contribution in [1.82, 2.24) is 10.3 Å². The number of pyridine rings is 1. The van der Waals surface area contributed by atoms with Gasteiger partial charge in [-0.25, -0.2) is 4.98 Å². The van der Waals surface area contributed by atoms with Crippen LogP contribution in [0.3, 0.4) is 0 Å². The van der Waals surface area contributed by atoms with Gasteiger partial charge in [0.15, 0.2) is 0 Å². The molecule has 0 saturated carbocycles. The van der Waals surface area contributed by atoms with Crippen molar-refractivity contribution in [2.45, 2.75) is 20.3 Å². The summed E-state index contributed by atoms with van der Waals surface area (Å²) in [5.41, 5.74) is 0. The first-order chi connectivity index (χ1) is 8.08. The number of nitrogens with one attached hydrogen (secondary N) is 2. The van der Waals surface area contributed by atoms with Crippen molar-refractivity contribution in [3.63, 3.8) is 0 Å². The normalized spacial score (nSPS) is 10.4. The second-order valence-electron chi connectivity index (χ2n) is 4.24. The average molecular weight is 256 g/mol. The largest absolute Gasteiger partial charge is 0.370 e. The van der Waals surface area contributed by atoms with E-state index in [1.165, 1.54) is 0 Å². The fraction of sp³-hybridized carbons (Fsp3) is 0.500. The molecular weight excluding hydrogens is 238 g/mol. The molecule has 0 unspecified atom stereocenters. The van der Waals surface area contributed by atoms with Crippen molar-refractivity contribution < 1.29 is 4.79 Å². The van der Waals surface area contributed by atoms with Gasteiger partial charge in [0.2, 0.25) is 5.91 Å². The highest BCUT2D eigenvalue weighted by Crippen LogP contribution is 2.09. The lowest BCUT2D eigenvalue weighted by Gasteiger charge is -2.08. The smallest absolute Gasteiger partial charge is 0.221 e. The number of carbonyl (C=O) groups excluding carboxylic acids is 1. The van der Waals surface area contributed by atoms with Gasteiger partial charge in [-0.3, -0.25) is 4.79 Å². The first-order valence-electron chi connectivity index (χ1n) is 5.70. The van der Waals surface area contributed by atoms with Crippen LogP contribution in [0, 0.1) is 5.92 Å². The van der Waals surface area contributed by atoms with Gasteiger partial charge in [-0.2, -0.15) is 0 Å².